The first-order valence-electron chi connectivity index (χ1n) is 11.1. The zero-order chi connectivity index (χ0) is 25.5. The van der Waals surface area contributed by atoms with E-state index in [-0.39, 0.29) is 18.2 Å². The second kappa shape index (κ2) is 11.7. The van der Waals surface area contributed by atoms with Crippen molar-refractivity contribution in [3.63, 3.8) is 0 Å². The number of ether oxygens (including phenoxy) is 2. The van der Waals surface area contributed by atoms with Crippen LogP contribution in [-0.4, -0.2) is 31.0 Å². The molecule has 184 valence electrons. The van der Waals surface area contributed by atoms with Crippen molar-refractivity contribution >= 4 is 39.9 Å². The molecule has 3 aromatic carbocycles. The highest BCUT2D eigenvalue weighted by molar-refractivity contribution is 7.14. The Morgan fingerprint density at radius 1 is 0.972 bits per heavy atom. The summed E-state index contributed by atoms with van der Waals surface area (Å²) in [7, 11) is 3.15. The van der Waals surface area contributed by atoms with Gasteiger partial charge in [-0.05, 0) is 35.9 Å². The fourth-order valence-electron chi connectivity index (χ4n) is 3.63. The van der Waals surface area contributed by atoms with Crippen LogP contribution in [0.15, 0.2) is 78.2 Å². The van der Waals surface area contributed by atoms with Crippen LogP contribution in [-0.2, 0) is 4.79 Å². The molecule has 0 aliphatic carbocycles. The predicted molar refractivity (Wildman–Crippen MR) is 142 cm³/mol. The Hall–Kier alpha value is -3.88. The van der Waals surface area contributed by atoms with Gasteiger partial charge in [-0.2, -0.15) is 0 Å². The van der Waals surface area contributed by atoms with Crippen molar-refractivity contribution in [2.45, 2.75) is 12.5 Å². The molecule has 2 N–H and O–H groups in total. The Morgan fingerprint density at radius 3 is 2.42 bits per heavy atom. The average Bonchev–Trinajstić information content (AvgIpc) is 3.36. The summed E-state index contributed by atoms with van der Waals surface area (Å²) in [6.45, 7) is 0. The lowest BCUT2D eigenvalue weighted by Gasteiger charge is -2.19. The molecular weight excluding hydrogens is 498 g/mol. The van der Waals surface area contributed by atoms with E-state index in [4.69, 9.17) is 21.1 Å². The third kappa shape index (κ3) is 6.02. The van der Waals surface area contributed by atoms with Crippen molar-refractivity contribution in [1.29, 1.82) is 0 Å². The molecule has 4 aromatic rings. The van der Waals surface area contributed by atoms with Crippen molar-refractivity contribution < 1.29 is 19.1 Å². The van der Waals surface area contributed by atoms with E-state index in [0.29, 0.717) is 32.9 Å². The monoisotopic (exact) mass is 521 g/mol. The Balaban J connectivity index is 1.48. The Labute approximate surface area is 218 Å². The van der Waals surface area contributed by atoms with Gasteiger partial charge in [0.1, 0.15) is 0 Å². The number of hydrogen-bond acceptors (Lipinski definition) is 6. The lowest BCUT2D eigenvalue weighted by Crippen LogP contribution is -2.31. The highest BCUT2D eigenvalue weighted by Gasteiger charge is 2.21. The summed E-state index contributed by atoms with van der Waals surface area (Å²) < 4.78 is 10.6. The molecule has 4 rings (SSSR count). The van der Waals surface area contributed by atoms with Crippen LogP contribution in [0.3, 0.4) is 0 Å². The maximum absolute atomic E-state index is 13.0. The quantitative estimate of drug-likeness (QED) is 0.283. The van der Waals surface area contributed by atoms with Crippen LogP contribution in [0.25, 0.3) is 11.3 Å². The standard InChI is InChI=1S/C27H24ClN3O4S/c1-34-23-13-12-18(14-24(23)35-2)22-16-36-27(30-22)31-25(32)15-21(17-8-4-3-5-9-17)29-26(33)19-10-6-7-11-20(19)28/h3-14,16,21H,15H2,1-2H3,(H,29,33)(H,30,31,32)/t21-/m0/s1. The number of nitrogens with zero attached hydrogens (tertiary/aromatic N) is 1. The SMILES string of the molecule is COc1ccc(-c2csc(NC(=O)C[C@H](NC(=O)c3ccccc3Cl)c3ccccc3)n2)cc1OC. The summed E-state index contributed by atoms with van der Waals surface area (Å²) in [5.41, 5.74) is 2.68. The molecule has 0 unspecified atom stereocenters. The van der Waals surface area contributed by atoms with E-state index in [1.165, 1.54) is 11.3 Å². The molecule has 2 amide bonds. The zero-order valence-corrected chi connectivity index (χ0v) is 21.2. The Kier molecular flexibility index (Phi) is 8.20. The molecule has 9 heteroatoms. The molecule has 0 bridgehead atoms. The van der Waals surface area contributed by atoms with E-state index in [0.717, 1.165) is 11.1 Å². The molecular formula is C27H24ClN3O4S. The van der Waals surface area contributed by atoms with Crippen LogP contribution < -0.4 is 20.1 Å². The smallest absolute Gasteiger partial charge is 0.253 e. The summed E-state index contributed by atoms with van der Waals surface area (Å²) in [6, 6.07) is 21.1. The summed E-state index contributed by atoms with van der Waals surface area (Å²) in [5.74, 6) is 0.577. The summed E-state index contributed by atoms with van der Waals surface area (Å²) >= 11 is 7.50. The van der Waals surface area contributed by atoms with Gasteiger partial charge in [0.15, 0.2) is 16.6 Å². The van der Waals surface area contributed by atoms with E-state index in [2.05, 4.69) is 15.6 Å². The van der Waals surface area contributed by atoms with E-state index < -0.39 is 6.04 Å². The van der Waals surface area contributed by atoms with Gasteiger partial charge in [-0.25, -0.2) is 4.98 Å². The molecule has 0 fully saturated rings. The third-order valence-electron chi connectivity index (χ3n) is 5.45. The average molecular weight is 522 g/mol. The lowest BCUT2D eigenvalue weighted by molar-refractivity contribution is -0.116. The summed E-state index contributed by atoms with van der Waals surface area (Å²) in [5, 5.41) is 8.43. The van der Waals surface area contributed by atoms with Crippen LogP contribution in [0.2, 0.25) is 5.02 Å². The first-order valence-corrected chi connectivity index (χ1v) is 12.3. The lowest BCUT2D eigenvalue weighted by atomic mass is 10.0. The Morgan fingerprint density at radius 2 is 1.69 bits per heavy atom. The van der Waals surface area contributed by atoms with Crippen molar-refractivity contribution in [1.82, 2.24) is 10.3 Å². The molecule has 1 aromatic heterocycles. The number of aromatic nitrogens is 1. The van der Waals surface area contributed by atoms with Crippen molar-refractivity contribution in [3.05, 3.63) is 94.3 Å². The normalized spacial score (nSPS) is 11.4. The highest BCUT2D eigenvalue weighted by atomic mass is 35.5. The molecule has 1 atom stereocenters. The molecule has 7 nitrogen and oxygen atoms in total. The molecule has 0 radical (unpaired) electrons. The van der Waals surface area contributed by atoms with E-state index in [1.54, 1.807) is 44.6 Å². The first-order chi connectivity index (χ1) is 17.5. The number of carbonyl (C=O) groups is 2. The summed E-state index contributed by atoms with van der Waals surface area (Å²) in [4.78, 5) is 30.4. The second-order valence-corrected chi connectivity index (χ2v) is 9.04. The van der Waals surface area contributed by atoms with Crippen molar-refractivity contribution in [2.24, 2.45) is 0 Å². The minimum absolute atomic E-state index is 0.0193. The number of amides is 2. The maximum Gasteiger partial charge on any atom is 0.253 e. The molecule has 0 spiro atoms. The number of methoxy groups -OCH3 is 2. The van der Waals surface area contributed by atoms with Crippen molar-refractivity contribution in [3.8, 4) is 22.8 Å². The van der Waals surface area contributed by atoms with Gasteiger partial charge in [0, 0.05) is 10.9 Å². The highest BCUT2D eigenvalue weighted by Crippen LogP contribution is 2.33. The number of anilines is 1. The number of rotatable bonds is 9. The van der Waals surface area contributed by atoms with Gasteiger partial charge in [0.25, 0.3) is 5.91 Å². The minimum Gasteiger partial charge on any atom is -0.493 e. The molecule has 36 heavy (non-hydrogen) atoms. The number of halogens is 1. The largest absolute Gasteiger partial charge is 0.493 e. The Bertz CT molecular complexity index is 1360. The van der Waals surface area contributed by atoms with Crippen LogP contribution in [0, 0.1) is 0 Å². The zero-order valence-electron chi connectivity index (χ0n) is 19.7. The van der Waals surface area contributed by atoms with Gasteiger partial charge in [-0.1, -0.05) is 54.1 Å². The first kappa shape index (κ1) is 25.2. The van der Waals surface area contributed by atoms with Crippen LogP contribution >= 0.6 is 22.9 Å². The van der Waals surface area contributed by atoms with E-state index in [1.807, 2.05) is 47.8 Å². The van der Waals surface area contributed by atoms with Gasteiger partial charge in [0.05, 0.1) is 43.0 Å². The molecule has 0 aliphatic heterocycles. The van der Waals surface area contributed by atoms with Crippen LogP contribution in [0.1, 0.15) is 28.4 Å². The van der Waals surface area contributed by atoms with Crippen LogP contribution in [0.5, 0.6) is 11.5 Å². The number of thiazole rings is 1. The van der Waals surface area contributed by atoms with Crippen molar-refractivity contribution in [2.75, 3.05) is 19.5 Å². The minimum atomic E-state index is -0.555. The number of benzene rings is 3. The third-order valence-corrected chi connectivity index (χ3v) is 6.53. The van der Waals surface area contributed by atoms with Gasteiger partial charge in [0.2, 0.25) is 5.91 Å². The van der Waals surface area contributed by atoms with E-state index >= 15 is 0 Å². The number of nitrogens with one attached hydrogen (secondary N) is 2. The fraction of sp³-hybridized carbons (Fsp3) is 0.148. The number of carbonyl (C=O) groups excluding carboxylic acids is 2. The van der Waals surface area contributed by atoms with Crippen LogP contribution in [0.4, 0.5) is 5.13 Å². The van der Waals surface area contributed by atoms with E-state index in [9.17, 15) is 9.59 Å². The second-order valence-electron chi connectivity index (χ2n) is 7.78. The molecule has 0 saturated carbocycles. The van der Waals surface area contributed by atoms with Gasteiger partial charge in [-0.3, -0.25) is 9.59 Å². The predicted octanol–water partition coefficient (Wildman–Crippen LogP) is 5.98. The number of hydrogen-bond donors (Lipinski definition) is 2. The maximum atomic E-state index is 13.0. The molecule has 0 aliphatic rings. The fourth-order valence-corrected chi connectivity index (χ4v) is 4.59. The molecule has 0 saturated heterocycles. The van der Waals surface area contributed by atoms with Gasteiger partial charge >= 0.3 is 0 Å². The molecule has 1 heterocycles. The van der Waals surface area contributed by atoms with Gasteiger partial charge in [-0.15, -0.1) is 11.3 Å². The summed E-state index contributed by atoms with van der Waals surface area (Å²) in [6.07, 6.45) is 0.0193. The topological polar surface area (TPSA) is 89.6 Å². The van der Waals surface area contributed by atoms with Gasteiger partial charge < -0.3 is 20.1 Å².